The van der Waals surface area contributed by atoms with Crippen molar-refractivity contribution in [1.82, 2.24) is 4.90 Å². The summed E-state index contributed by atoms with van der Waals surface area (Å²) in [7, 11) is 0. The van der Waals surface area contributed by atoms with Crippen LogP contribution < -0.4 is 0 Å². The Labute approximate surface area is 265 Å². The molecule has 1 aliphatic heterocycles. The van der Waals surface area contributed by atoms with Crippen LogP contribution in [0.5, 0.6) is 0 Å². The van der Waals surface area contributed by atoms with Gasteiger partial charge >= 0.3 is 17.9 Å². The monoisotopic (exact) mass is 639 g/mol. The Morgan fingerprint density at radius 3 is 2.02 bits per heavy atom. The minimum absolute atomic E-state index is 0.0442. The van der Waals surface area contributed by atoms with Crippen LogP contribution in [0.25, 0.3) is 0 Å². The molecule has 1 heterocycles. The van der Waals surface area contributed by atoms with E-state index in [2.05, 4.69) is 32.6 Å². The lowest BCUT2D eigenvalue weighted by atomic mass is 9.43. The quantitative estimate of drug-likeness (QED) is 0.238. The first-order valence-electron chi connectivity index (χ1n) is 16.4. The number of hydrogen-bond acceptors (Lipinski definition) is 9. The van der Waals surface area contributed by atoms with E-state index < -0.39 is 36.4 Å². The molecule has 12 nitrogen and oxygen atoms in total. The molecule has 45 heavy (non-hydrogen) atoms. The highest BCUT2D eigenvalue weighted by molar-refractivity contribution is 5.88. The first kappa shape index (κ1) is 35.7. The number of morpholine rings is 1. The predicted octanol–water partition coefficient (Wildman–Crippen LogP) is 2.41. The van der Waals surface area contributed by atoms with Crippen LogP contribution in [0.15, 0.2) is 0 Å². The molecule has 5 aliphatic rings. The first-order chi connectivity index (χ1) is 20.7. The largest absolute Gasteiger partial charge is 0.481 e. The normalized spacial score (nSPS) is 41.0. The number of carboxylic acids is 3. The van der Waals surface area contributed by atoms with Gasteiger partial charge in [-0.15, -0.1) is 0 Å². The molecule has 5 rings (SSSR count). The lowest BCUT2D eigenvalue weighted by Crippen LogP contribution is -2.64. The standard InChI is InChI=1S/C27H45NO4.C6H8O7/c1-16(29)19-8-9-20-18-7-6-17-12-22(30)21(28-10-11-32-25(2,3)15-28)13-26(17,4)24(18)23(31)14-27(19,20)5;7-3(8)1-6(13,5(11)12)2-4(9)10/h17-24,30-31H,6-15H2,1-5H3;13H,1-2H2,(H,7,8)(H,9,10)(H,11,12)/t17-,18-,19+,20-,21-,22-,23+,24+,26-,27+;/m0./s1. The molecule has 12 heteroatoms. The van der Waals surface area contributed by atoms with Crippen molar-refractivity contribution in [3.63, 3.8) is 0 Å². The van der Waals surface area contributed by atoms with E-state index in [4.69, 9.17) is 25.2 Å². The summed E-state index contributed by atoms with van der Waals surface area (Å²) in [4.78, 5) is 45.4. The number of hydrogen-bond donors (Lipinski definition) is 6. The molecule has 0 radical (unpaired) electrons. The fourth-order valence-electron chi connectivity index (χ4n) is 10.5. The van der Waals surface area contributed by atoms with Crippen LogP contribution >= 0.6 is 0 Å². The SMILES string of the molecule is CC(=O)[C@H]1CC[C@H]2[C@@H]3CC[C@H]4C[C@H](O)[C@@H](N5CCOC(C)(C)C5)C[C@]4(C)[C@H]3[C@H](O)C[C@]12C.O=C(O)CC(O)(CC(=O)O)C(=O)O. The maximum Gasteiger partial charge on any atom is 0.336 e. The molecule has 0 aromatic heterocycles. The number of carbonyl (C=O) groups is 4. The average Bonchev–Trinajstić information content (AvgIpc) is 3.24. The molecular weight excluding hydrogens is 586 g/mol. The number of fused-ring (bicyclic) bond motifs is 5. The first-order valence-corrected chi connectivity index (χ1v) is 16.4. The number of aliphatic hydroxyl groups is 3. The number of ether oxygens (including phenoxy) is 1. The minimum Gasteiger partial charge on any atom is -0.481 e. The van der Waals surface area contributed by atoms with E-state index in [1.54, 1.807) is 6.92 Å². The molecule has 0 aromatic rings. The van der Waals surface area contributed by atoms with Gasteiger partial charge in [-0.1, -0.05) is 13.8 Å². The molecule has 0 spiro atoms. The zero-order chi connectivity index (χ0) is 33.7. The zero-order valence-electron chi connectivity index (χ0n) is 27.3. The molecule has 4 saturated carbocycles. The highest BCUT2D eigenvalue weighted by Gasteiger charge is 2.64. The molecule has 0 unspecified atom stereocenters. The molecule has 0 amide bonds. The molecule has 6 N–H and O–H groups in total. The van der Waals surface area contributed by atoms with Crippen LogP contribution in [-0.4, -0.2) is 108 Å². The van der Waals surface area contributed by atoms with Crippen molar-refractivity contribution in [3.05, 3.63) is 0 Å². The van der Waals surface area contributed by atoms with E-state index in [1.165, 1.54) is 0 Å². The number of carbonyl (C=O) groups excluding carboxylic acids is 1. The van der Waals surface area contributed by atoms with Gasteiger partial charge in [0, 0.05) is 25.0 Å². The minimum atomic E-state index is -2.74. The highest BCUT2D eigenvalue weighted by Crippen LogP contribution is 2.67. The fraction of sp³-hybridized carbons (Fsp3) is 0.879. The third kappa shape index (κ3) is 6.95. The molecule has 256 valence electrons. The van der Waals surface area contributed by atoms with Crippen molar-refractivity contribution in [2.75, 3.05) is 19.7 Å². The van der Waals surface area contributed by atoms with Crippen molar-refractivity contribution in [1.29, 1.82) is 0 Å². The Bertz CT molecular complexity index is 1140. The smallest absolute Gasteiger partial charge is 0.336 e. The van der Waals surface area contributed by atoms with Gasteiger partial charge in [-0.25, -0.2) is 4.79 Å². The number of Topliss-reactive ketones (excluding diaryl/α,β-unsaturated/α-hetero) is 1. The van der Waals surface area contributed by atoms with Gasteiger partial charge in [0.05, 0.1) is 37.3 Å². The maximum absolute atomic E-state index is 12.4. The van der Waals surface area contributed by atoms with Crippen LogP contribution in [0.1, 0.15) is 92.4 Å². The van der Waals surface area contributed by atoms with Crippen molar-refractivity contribution in [3.8, 4) is 0 Å². The summed E-state index contributed by atoms with van der Waals surface area (Å²) in [6.07, 6.45) is 4.10. The van der Waals surface area contributed by atoms with E-state index in [9.17, 15) is 29.4 Å². The van der Waals surface area contributed by atoms with Gasteiger partial charge in [-0.2, -0.15) is 0 Å². The topological polar surface area (TPSA) is 202 Å². The summed E-state index contributed by atoms with van der Waals surface area (Å²) in [6, 6.07) is 0.146. The Hall–Kier alpha value is -2.12. The third-order valence-corrected chi connectivity index (χ3v) is 12.3. The average molecular weight is 640 g/mol. The second-order valence-corrected chi connectivity index (χ2v) is 15.7. The zero-order valence-corrected chi connectivity index (χ0v) is 27.3. The van der Waals surface area contributed by atoms with Crippen molar-refractivity contribution < 1.29 is 54.6 Å². The van der Waals surface area contributed by atoms with E-state index in [0.29, 0.717) is 23.5 Å². The van der Waals surface area contributed by atoms with Gasteiger partial charge in [0.1, 0.15) is 5.78 Å². The molecular formula is C33H53NO11. The molecule has 1 saturated heterocycles. The lowest BCUT2D eigenvalue weighted by molar-refractivity contribution is -0.198. The maximum atomic E-state index is 12.4. The van der Waals surface area contributed by atoms with Crippen molar-refractivity contribution in [2.45, 2.75) is 122 Å². The third-order valence-electron chi connectivity index (χ3n) is 12.3. The number of ketones is 1. The summed E-state index contributed by atoms with van der Waals surface area (Å²) < 4.78 is 5.95. The van der Waals surface area contributed by atoms with Gasteiger partial charge in [0.25, 0.3) is 0 Å². The van der Waals surface area contributed by atoms with Crippen molar-refractivity contribution >= 4 is 23.7 Å². The molecule has 0 aromatic carbocycles. The van der Waals surface area contributed by atoms with Gasteiger partial charge in [-0.05, 0) is 100 Å². The number of aliphatic carboxylic acids is 3. The van der Waals surface area contributed by atoms with Gasteiger partial charge < -0.3 is 35.4 Å². The number of carboxylic acid groups (broad SMARTS) is 3. The van der Waals surface area contributed by atoms with Crippen LogP contribution in [0.4, 0.5) is 0 Å². The number of nitrogens with zero attached hydrogens (tertiary/aromatic N) is 1. The molecule has 10 atom stereocenters. The number of rotatable bonds is 7. The summed E-state index contributed by atoms with van der Waals surface area (Å²) >= 11 is 0. The Balaban J connectivity index is 0.000000302. The Morgan fingerprint density at radius 1 is 0.867 bits per heavy atom. The van der Waals surface area contributed by atoms with E-state index in [-0.39, 0.29) is 46.5 Å². The van der Waals surface area contributed by atoms with E-state index in [0.717, 1.165) is 64.6 Å². The van der Waals surface area contributed by atoms with Crippen LogP contribution in [0, 0.1) is 40.4 Å². The summed E-state index contributed by atoms with van der Waals surface area (Å²) in [5.41, 5.74) is -2.91. The summed E-state index contributed by atoms with van der Waals surface area (Å²) in [6.45, 7) is 13.2. The Morgan fingerprint density at radius 2 is 1.49 bits per heavy atom. The number of aliphatic hydroxyl groups excluding tert-OH is 2. The highest BCUT2D eigenvalue weighted by atomic mass is 16.5. The van der Waals surface area contributed by atoms with Crippen LogP contribution in [0.2, 0.25) is 0 Å². The van der Waals surface area contributed by atoms with Gasteiger partial charge in [-0.3, -0.25) is 19.3 Å². The lowest BCUT2D eigenvalue weighted by Gasteiger charge is -2.64. The van der Waals surface area contributed by atoms with Crippen LogP contribution in [-0.2, 0) is 23.9 Å². The van der Waals surface area contributed by atoms with Gasteiger partial charge in [0.2, 0.25) is 0 Å². The Kier molecular flexibility index (Phi) is 10.2. The van der Waals surface area contributed by atoms with E-state index in [1.807, 2.05) is 0 Å². The summed E-state index contributed by atoms with van der Waals surface area (Å²) in [5.74, 6) is -2.76. The van der Waals surface area contributed by atoms with Gasteiger partial charge in [0.15, 0.2) is 5.60 Å². The molecule has 5 fully saturated rings. The molecule has 4 aliphatic carbocycles. The van der Waals surface area contributed by atoms with Crippen molar-refractivity contribution in [2.24, 2.45) is 40.4 Å². The fourth-order valence-corrected chi connectivity index (χ4v) is 10.5. The summed E-state index contributed by atoms with van der Waals surface area (Å²) in [5, 5.41) is 56.7. The van der Waals surface area contributed by atoms with Crippen LogP contribution in [0.3, 0.4) is 0 Å². The second-order valence-electron chi connectivity index (χ2n) is 15.7. The predicted molar refractivity (Wildman–Crippen MR) is 161 cm³/mol. The van der Waals surface area contributed by atoms with E-state index >= 15 is 0 Å². The second kappa shape index (κ2) is 12.8. The molecule has 0 bridgehead atoms.